The zero-order chi connectivity index (χ0) is 17.2. The number of rotatable bonds is 4. The molecule has 0 fully saturated rings. The Hall–Kier alpha value is -3.28. The number of hydrogen-bond acceptors (Lipinski definition) is 5. The smallest absolute Gasteiger partial charge is 0.140 e. The molecular weight excluding hydrogens is 312 g/mol. The van der Waals surface area contributed by atoms with Crippen LogP contribution in [-0.4, -0.2) is 24.3 Å². The zero-order valence-electron chi connectivity index (χ0n) is 14.1. The molecule has 4 aromatic rings. The van der Waals surface area contributed by atoms with E-state index in [0.717, 1.165) is 39.8 Å². The average Bonchev–Trinajstić information content (AvgIpc) is 3.05. The van der Waals surface area contributed by atoms with Crippen molar-refractivity contribution in [2.45, 2.75) is 20.4 Å². The van der Waals surface area contributed by atoms with E-state index >= 15 is 0 Å². The first-order chi connectivity index (χ1) is 12.2. The van der Waals surface area contributed by atoms with E-state index in [-0.39, 0.29) is 0 Å². The summed E-state index contributed by atoms with van der Waals surface area (Å²) in [5.41, 5.74) is 4.93. The number of hydrogen-bond donors (Lipinski definition) is 1. The molecule has 4 rings (SSSR count). The predicted octanol–water partition coefficient (Wildman–Crippen LogP) is 3.42. The SMILES string of the molecule is Cc1nc(NCc2cn3cccc(C)c3n2)cc(-c2cccnc2)n1. The summed E-state index contributed by atoms with van der Waals surface area (Å²) in [6.45, 7) is 4.55. The molecule has 1 N–H and O–H groups in total. The van der Waals surface area contributed by atoms with Gasteiger partial charge in [-0.1, -0.05) is 6.07 Å². The van der Waals surface area contributed by atoms with Crippen molar-refractivity contribution in [3.05, 3.63) is 72.2 Å². The Morgan fingerprint density at radius 1 is 1.08 bits per heavy atom. The molecule has 0 saturated heterocycles. The van der Waals surface area contributed by atoms with Crippen molar-refractivity contribution in [3.8, 4) is 11.3 Å². The average molecular weight is 330 g/mol. The van der Waals surface area contributed by atoms with Crippen molar-refractivity contribution in [1.82, 2.24) is 24.3 Å². The third-order valence-electron chi connectivity index (χ3n) is 3.97. The number of nitrogens with zero attached hydrogens (tertiary/aromatic N) is 5. The number of nitrogens with one attached hydrogen (secondary N) is 1. The number of imidazole rings is 1. The Balaban J connectivity index is 1.58. The van der Waals surface area contributed by atoms with E-state index in [1.165, 1.54) is 0 Å². The van der Waals surface area contributed by atoms with Crippen LogP contribution in [0.3, 0.4) is 0 Å². The summed E-state index contributed by atoms with van der Waals surface area (Å²) in [7, 11) is 0. The quantitative estimate of drug-likeness (QED) is 0.621. The summed E-state index contributed by atoms with van der Waals surface area (Å²) >= 11 is 0. The summed E-state index contributed by atoms with van der Waals surface area (Å²) < 4.78 is 2.04. The van der Waals surface area contributed by atoms with E-state index in [4.69, 9.17) is 0 Å². The van der Waals surface area contributed by atoms with Crippen LogP contribution < -0.4 is 5.32 Å². The minimum absolute atomic E-state index is 0.601. The minimum atomic E-state index is 0.601. The monoisotopic (exact) mass is 330 g/mol. The van der Waals surface area contributed by atoms with Crippen LogP contribution in [0.4, 0.5) is 5.82 Å². The molecule has 25 heavy (non-hydrogen) atoms. The second-order valence-electron chi connectivity index (χ2n) is 5.94. The van der Waals surface area contributed by atoms with Gasteiger partial charge in [0.15, 0.2) is 0 Å². The number of fused-ring (bicyclic) bond motifs is 1. The molecule has 0 bridgehead atoms. The van der Waals surface area contributed by atoms with E-state index in [9.17, 15) is 0 Å². The molecule has 4 heterocycles. The van der Waals surface area contributed by atoms with Crippen molar-refractivity contribution in [1.29, 1.82) is 0 Å². The van der Waals surface area contributed by atoms with Crippen molar-refractivity contribution < 1.29 is 0 Å². The molecule has 0 saturated carbocycles. The molecule has 0 aliphatic heterocycles. The molecule has 0 aliphatic carbocycles. The highest BCUT2D eigenvalue weighted by atomic mass is 15.1. The number of pyridine rings is 2. The van der Waals surface area contributed by atoms with Gasteiger partial charge in [-0.15, -0.1) is 0 Å². The zero-order valence-corrected chi connectivity index (χ0v) is 14.1. The molecule has 0 aliphatic rings. The van der Waals surface area contributed by atoms with E-state index in [1.807, 2.05) is 48.0 Å². The summed E-state index contributed by atoms with van der Waals surface area (Å²) in [6, 6.07) is 9.91. The Morgan fingerprint density at radius 3 is 2.80 bits per heavy atom. The van der Waals surface area contributed by atoms with Crippen LogP contribution in [0, 0.1) is 13.8 Å². The topological polar surface area (TPSA) is 68.0 Å². The third kappa shape index (κ3) is 3.19. The fourth-order valence-electron chi connectivity index (χ4n) is 2.79. The fraction of sp³-hybridized carbons (Fsp3) is 0.158. The Labute approximate surface area is 145 Å². The summed E-state index contributed by atoms with van der Waals surface area (Å²) in [5, 5.41) is 3.34. The van der Waals surface area contributed by atoms with Crippen molar-refractivity contribution in [2.75, 3.05) is 5.32 Å². The Morgan fingerprint density at radius 2 is 2.00 bits per heavy atom. The highest BCUT2D eigenvalue weighted by Gasteiger charge is 2.07. The lowest BCUT2D eigenvalue weighted by Gasteiger charge is -2.07. The first-order valence-corrected chi connectivity index (χ1v) is 8.12. The second kappa shape index (κ2) is 6.32. The van der Waals surface area contributed by atoms with Gasteiger partial charge in [-0.05, 0) is 37.6 Å². The van der Waals surface area contributed by atoms with E-state index in [0.29, 0.717) is 6.54 Å². The lowest BCUT2D eigenvalue weighted by Crippen LogP contribution is -2.04. The number of anilines is 1. The van der Waals surface area contributed by atoms with E-state index in [2.05, 4.69) is 38.2 Å². The molecule has 0 atom stereocenters. The van der Waals surface area contributed by atoms with Crippen LogP contribution >= 0.6 is 0 Å². The van der Waals surface area contributed by atoms with Gasteiger partial charge in [-0.3, -0.25) is 4.98 Å². The molecule has 4 aromatic heterocycles. The van der Waals surface area contributed by atoms with Gasteiger partial charge in [0, 0.05) is 36.4 Å². The van der Waals surface area contributed by atoms with E-state index in [1.54, 1.807) is 12.4 Å². The lowest BCUT2D eigenvalue weighted by atomic mass is 10.2. The summed E-state index contributed by atoms with van der Waals surface area (Å²) in [4.78, 5) is 17.8. The van der Waals surface area contributed by atoms with Crippen molar-refractivity contribution in [3.63, 3.8) is 0 Å². The Bertz CT molecular complexity index is 1020. The molecule has 0 amide bonds. The number of aromatic nitrogens is 5. The molecule has 0 radical (unpaired) electrons. The van der Waals surface area contributed by atoms with Crippen LogP contribution in [0.25, 0.3) is 16.9 Å². The van der Waals surface area contributed by atoms with Gasteiger partial charge in [0.1, 0.15) is 17.3 Å². The molecule has 6 nitrogen and oxygen atoms in total. The van der Waals surface area contributed by atoms with Gasteiger partial charge in [0.25, 0.3) is 0 Å². The van der Waals surface area contributed by atoms with Crippen LogP contribution in [-0.2, 0) is 6.54 Å². The van der Waals surface area contributed by atoms with Crippen molar-refractivity contribution in [2.24, 2.45) is 0 Å². The van der Waals surface area contributed by atoms with E-state index < -0.39 is 0 Å². The maximum Gasteiger partial charge on any atom is 0.140 e. The predicted molar refractivity (Wildman–Crippen MR) is 97.3 cm³/mol. The normalized spacial score (nSPS) is 11.0. The van der Waals surface area contributed by atoms with Gasteiger partial charge in [0.05, 0.1) is 17.9 Å². The van der Waals surface area contributed by atoms with Crippen LogP contribution in [0.1, 0.15) is 17.1 Å². The summed E-state index contributed by atoms with van der Waals surface area (Å²) in [6.07, 6.45) is 7.60. The maximum atomic E-state index is 4.68. The highest BCUT2D eigenvalue weighted by molar-refractivity contribution is 5.61. The Kier molecular flexibility index (Phi) is 3.85. The van der Waals surface area contributed by atoms with Crippen LogP contribution in [0.15, 0.2) is 55.1 Å². The molecular formula is C19H18N6. The van der Waals surface area contributed by atoms with Gasteiger partial charge in [0.2, 0.25) is 0 Å². The summed E-state index contributed by atoms with van der Waals surface area (Å²) in [5.74, 6) is 1.50. The first-order valence-electron chi connectivity index (χ1n) is 8.12. The van der Waals surface area contributed by atoms with Gasteiger partial charge < -0.3 is 9.72 Å². The standard InChI is InChI=1S/C19H18N6/c1-13-5-4-8-25-12-16(24-19(13)25)11-21-18-9-17(22-14(2)23-18)15-6-3-7-20-10-15/h3-10,12H,11H2,1-2H3,(H,21,22,23). The molecule has 124 valence electrons. The van der Waals surface area contributed by atoms with Crippen LogP contribution in [0.5, 0.6) is 0 Å². The molecule has 0 unspecified atom stereocenters. The fourth-order valence-corrected chi connectivity index (χ4v) is 2.79. The molecule has 6 heteroatoms. The highest BCUT2D eigenvalue weighted by Crippen LogP contribution is 2.19. The van der Waals surface area contributed by atoms with Gasteiger partial charge in [-0.25, -0.2) is 15.0 Å². The third-order valence-corrected chi connectivity index (χ3v) is 3.97. The lowest BCUT2D eigenvalue weighted by molar-refractivity contribution is 1.01. The van der Waals surface area contributed by atoms with Crippen LogP contribution in [0.2, 0.25) is 0 Å². The maximum absolute atomic E-state index is 4.68. The second-order valence-corrected chi connectivity index (χ2v) is 5.94. The molecule has 0 aromatic carbocycles. The first kappa shape index (κ1) is 15.3. The molecule has 0 spiro atoms. The van der Waals surface area contributed by atoms with Gasteiger partial charge >= 0.3 is 0 Å². The van der Waals surface area contributed by atoms with Crippen molar-refractivity contribution >= 4 is 11.5 Å². The van der Waals surface area contributed by atoms with Gasteiger partial charge in [-0.2, -0.15) is 0 Å². The largest absolute Gasteiger partial charge is 0.364 e. The minimum Gasteiger partial charge on any atom is -0.364 e. The number of aryl methyl sites for hydroxylation is 2.